The fraction of sp³-hybridized carbons (Fsp3) is 0. The Morgan fingerprint density at radius 2 is 1.19 bits per heavy atom. The van der Waals surface area contributed by atoms with E-state index in [1.807, 2.05) is 60.7 Å². The van der Waals surface area contributed by atoms with Crippen LogP contribution < -0.4 is 10.4 Å². The van der Waals surface area contributed by atoms with Gasteiger partial charge in [0.05, 0.1) is 11.6 Å². The molecule has 0 aliphatic heterocycles. The molecule has 2 N–H and O–H groups in total. The zero-order valence-electron chi connectivity index (χ0n) is 17.3. The van der Waals surface area contributed by atoms with Crippen molar-refractivity contribution in [1.82, 2.24) is 0 Å². The van der Waals surface area contributed by atoms with Crippen LogP contribution in [-0.2, 0) is 0 Å². The first-order valence-corrected chi connectivity index (χ1v) is 10.2. The van der Waals surface area contributed by atoms with Crippen molar-refractivity contribution in [2.75, 3.05) is 4.90 Å². The van der Waals surface area contributed by atoms with Gasteiger partial charge < -0.3 is 14.9 Å². The molecule has 0 bridgehead atoms. The van der Waals surface area contributed by atoms with Gasteiger partial charge >= 0.3 is 7.12 Å². The molecule has 0 aliphatic carbocycles. The largest absolute Gasteiger partial charge is 0.488 e. The standard InChI is InChI=1S/C27H21BN2O2/c29-20-23(19-21-11-15-24(16-12-21)28(31)32)22-13-17-27(18-14-22)30(25-7-3-1-4-8-25)26-9-5-2-6-10-26/h1-19,31-32H/b23-19+. The molecule has 4 rings (SSSR count). The van der Waals surface area contributed by atoms with E-state index in [0.717, 1.165) is 28.2 Å². The Bertz CT molecular complexity index is 1190. The lowest BCUT2D eigenvalue weighted by Gasteiger charge is -2.25. The van der Waals surface area contributed by atoms with Gasteiger partial charge in [0, 0.05) is 17.1 Å². The van der Waals surface area contributed by atoms with Crippen LogP contribution in [0.25, 0.3) is 11.6 Å². The minimum atomic E-state index is -1.51. The summed E-state index contributed by atoms with van der Waals surface area (Å²) >= 11 is 0. The van der Waals surface area contributed by atoms with Crippen LogP contribution in [0.4, 0.5) is 17.1 Å². The Hall–Kier alpha value is -4.11. The third kappa shape index (κ3) is 4.79. The number of nitriles is 1. The zero-order valence-corrected chi connectivity index (χ0v) is 17.3. The molecular formula is C27H21BN2O2. The molecule has 4 aromatic carbocycles. The number of hydrogen-bond acceptors (Lipinski definition) is 4. The molecule has 0 aliphatic rings. The van der Waals surface area contributed by atoms with Crippen LogP contribution >= 0.6 is 0 Å². The molecule has 0 unspecified atom stereocenters. The van der Waals surface area contributed by atoms with Crippen molar-refractivity contribution in [2.24, 2.45) is 0 Å². The summed E-state index contributed by atoms with van der Waals surface area (Å²) < 4.78 is 0. The molecule has 0 atom stereocenters. The Morgan fingerprint density at radius 3 is 1.66 bits per heavy atom. The second-order valence-electron chi connectivity index (χ2n) is 7.26. The third-order valence-electron chi connectivity index (χ3n) is 5.13. The van der Waals surface area contributed by atoms with E-state index in [1.54, 1.807) is 30.3 Å². The first-order valence-electron chi connectivity index (χ1n) is 10.2. The van der Waals surface area contributed by atoms with Crippen molar-refractivity contribution in [3.63, 3.8) is 0 Å². The van der Waals surface area contributed by atoms with Crippen molar-refractivity contribution in [1.29, 1.82) is 5.26 Å². The molecule has 154 valence electrons. The predicted molar refractivity (Wildman–Crippen MR) is 131 cm³/mol. The van der Waals surface area contributed by atoms with Crippen molar-refractivity contribution in [2.45, 2.75) is 0 Å². The molecule has 32 heavy (non-hydrogen) atoms. The number of hydrogen-bond donors (Lipinski definition) is 2. The molecule has 0 radical (unpaired) electrons. The van der Waals surface area contributed by atoms with Crippen LogP contribution in [0.3, 0.4) is 0 Å². The highest BCUT2D eigenvalue weighted by atomic mass is 16.4. The monoisotopic (exact) mass is 416 g/mol. The fourth-order valence-electron chi connectivity index (χ4n) is 3.50. The van der Waals surface area contributed by atoms with Gasteiger partial charge in [0.25, 0.3) is 0 Å². The van der Waals surface area contributed by atoms with Crippen molar-refractivity contribution < 1.29 is 10.0 Å². The van der Waals surface area contributed by atoms with Crippen LogP contribution in [0.2, 0.25) is 0 Å². The maximum Gasteiger partial charge on any atom is 0.488 e. The number of anilines is 3. The molecule has 0 saturated heterocycles. The summed E-state index contributed by atoms with van der Waals surface area (Å²) in [5.41, 5.74) is 5.65. The van der Waals surface area contributed by atoms with Gasteiger partial charge in [-0.15, -0.1) is 0 Å². The second-order valence-corrected chi connectivity index (χ2v) is 7.26. The highest BCUT2D eigenvalue weighted by molar-refractivity contribution is 6.58. The van der Waals surface area contributed by atoms with Crippen molar-refractivity contribution in [3.8, 4) is 6.07 Å². The summed E-state index contributed by atoms with van der Waals surface area (Å²) in [4.78, 5) is 2.17. The summed E-state index contributed by atoms with van der Waals surface area (Å²) in [6, 6.07) is 37.2. The number of benzene rings is 4. The fourth-order valence-corrected chi connectivity index (χ4v) is 3.50. The maximum absolute atomic E-state index is 9.71. The molecule has 0 fully saturated rings. The molecule has 4 nitrogen and oxygen atoms in total. The van der Waals surface area contributed by atoms with E-state index in [4.69, 9.17) is 0 Å². The number of para-hydroxylation sites is 2. The van der Waals surface area contributed by atoms with Crippen LogP contribution in [0, 0.1) is 11.3 Å². The van der Waals surface area contributed by atoms with Crippen LogP contribution in [-0.4, -0.2) is 17.2 Å². The molecule has 0 aromatic heterocycles. The predicted octanol–water partition coefficient (Wildman–Crippen LogP) is 4.90. The van der Waals surface area contributed by atoms with Gasteiger partial charge in [-0.3, -0.25) is 0 Å². The number of nitrogens with zero attached hydrogens (tertiary/aromatic N) is 2. The highest BCUT2D eigenvalue weighted by Gasteiger charge is 2.13. The van der Waals surface area contributed by atoms with E-state index in [1.165, 1.54) is 0 Å². The average Bonchev–Trinajstić information content (AvgIpc) is 2.85. The van der Waals surface area contributed by atoms with Gasteiger partial charge in [0.15, 0.2) is 0 Å². The molecule has 0 heterocycles. The first kappa shape index (κ1) is 21.1. The van der Waals surface area contributed by atoms with E-state index in [9.17, 15) is 15.3 Å². The normalized spacial score (nSPS) is 11.0. The molecule has 0 amide bonds. The van der Waals surface area contributed by atoms with E-state index in [0.29, 0.717) is 11.0 Å². The highest BCUT2D eigenvalue weighted by Crippen LogP contribution is 2.34. The molecule has 0 saturated carbocycles. The Labute approximate surface area is 188 Å². The SMILES string of the molecule is N#C/C(=C\c1ccc(B(O)O)cc1)c1ccc(N(c2ccccc2)c2ccccc2)cc1. The van der Waals surface area contributed by atoms with E-state index in [-0.39, 0.29) is 0 Å². The smallest absolute Gasteiger partial charge is 0.423 e. The maximum atomic E-state index is 9.71. The van der Waals surface area contributed by atoms with Gasteiger partial charge in [-0.2, -0.15) is 5.26 Å². The summed E-state index contributed by atoms with van der Waals surface area (Å²) in [6.45, 7) is 0. The van der Waals surface area contributed by atoms with Crippen LogP contribution in [0.1, 0.15) is 11.1 Å². The summed E-state index contributed by atoms with van der Waals surface area (Å²) in [6.07, 6.45) is 1.79. The van der Waals surface area contributed by atoms with Gasteiger partial charge in [-0.05, 0) is 59.1 Å². The molecule has 0 spiro atoms. The van der Waals surface area contributed by atoms with Gasteiger partial charge in [-0.25, -0.2) is 0 Å². The molecule has 4 aromatic rings. The van der Waals surface area contributed by atoms with Gasteiger partial charge in [0.2, 0.25) is 0 Å². The molecule has 5 heteroatoms. The summed E-state index contributed by atoms with van der Waals surface area (Å²) in [5.74, 6) is 0. The Kier molecular flexibility index (Phi) is 6.47. The zero-order chi connectivity index (χ0) is 22.3. The van der Waals surface area contributed by atoms with Crippen LogP contribution in [0.15, 0.2) is 109 Å². The Morgan fingerprint density at radius 1 is 0.688 bits per heavy atom. The van der Waals surface area contributed by atoms with E-state index < -0.39 is 7.12 Å². The quantitative estimate of drug-likeness (QED) is 0.267. The van der Waals surface area contributed by atoms with Gasteiger partial charge in [0.1, 0.15) is 0 Å². The second kappa shape index (κ2) is 9.80. The Balaban J connectivity index is 1.66. The lowest BCUT2D eigenvalue weighted by Crippen LogP contribution is -2.29. The van der Waals surface area contributed by atoms with Crippen molar-refractivity contribution >= 4 is 41.3 Å². The minimum Gasteiger partial charge on any atom is -0.423 e. The average molecular weight is 416 g/mol. The topological polar surface area (TPSA) is 67.5 Å². The van der Waals surface area contributed by atoms with Gasteiger partial charge in [-0.1, -0.05) is 72.8 Å². The third-order valence-corrected chi connectivity index (χ3v) is 5.13. The lowest BCUT2D eigenvalue weighted by molar-refractivity contribution is 0.426. The number of rotatable bonds is 6. The number of allylic oxidation sites excluding steroid dienone is 1. The summed E-state index contributed by atoms with van der Waals surface area (Å²) in [7, 11) is -1.51. The molecular weight excluding hydrogens is 395 g/mol. The van der Waals surface area contributed by atoms with Crippen LogP contribution in [0.5, 0.6) is 0 Å². The van der Waals surface area contributed by atoms with Crippen molar-refractivity contribution in [3.05, 3.63) is 120 Å². The minimum absolute atomic E-state index is 0.409. The lowest BCUT2D eigenvalue weighted by atomic mass is 9.80. The van der Waals surface area contributed by atoms with E-state index >= 15 is 0 Å². The van der Waals surface area contributed by atoms with E-state index in [2.05, 4.69) is 35.2 Å². The summed E-state index contributed by atoms with van der Waals surface area (Å²) in [5, 5.41) is 28.2. The first-order chi connectivity index (χ1) is 15.7.